The molecule has 0 bridgehead atoms. The molecule has 1 aliphatic heterocycles. The number of anilines is 2. The molecule has 7 nitrogen and oxygen atoms in total. The summed E-state index contributed by atoms with van der Waals surface area (Å²) in [6, 6.07) is 2.86. The van der Waals surface area contributed by atoms with E-state index in [1.54, 1.807) is 25.8 Å². The SMILES string of the molecule is COc1cc(N(C2CC2)C2CCN(c3ncc(Cl)cn3)C2)ncn1. The van der Waals surface area contributed by atoms with Gasteiger partial charge in [0.2, 0.25) is 11.8 Å². The molecule has 1 saturated carbocycles. The first-order valence-electron chi connectivity index (χ1n) is 8.11. The average molecular weight is 347 g/mol. The van der Waals surface area contributed by atoms with Crippen molar-refractivity contribution in [1.29, 1.82) is 0 Å². The molecule has 2 aliphatic rings. The molecule has 3 heterocycles. The van der Waals surface area contributed by atoms with E-state index in [-0.39, 0.29) is 0 Å². The van der Waals surface area contributed by atoms with E-state index in [0.29, 0.717) is 23.0 Å². The first-order valence-corrected chi connectivity index (χ1v) is 8.49. The number of rotatable bonds is 5. The van der Waals surface area contributed by atoms with Gasteiger partial charge in [0.15, 0.2) is 0 Å². The molecule has 8 heteroatoms. The maximum Gasteiger partial charge on any atom is 0.225 e. The minimum atomic E-state index is 0.386. The monoisotopic (exact) mass is 346 g/mol. The number of aromatic nitrogens is 4. The number of hydrogen-bond donors (Lipinski definition) is 0. The largest absolute Gasteiger partial charge is 0.481 e. The van der Waals surface area contributed by atoms with Crippen molar-refractivity contribution in [1.82, 2.24) is 19.9 Å². The van der Waals surface area contributed by atoms with Gasteiger partial charge in [-0.05, 0) is 19.3 Å². The van der Waals surface area contributed by atoms with Gasteiger partial charge in [0, 0.05) is 31.2 Å². The van der Waals surface area contributed by atoms with Crippen LogP contribution in [-0.4, -0.2) is 52.2 Å². The Morgan fingerprint density at radius 3 is 2.62 bits per heavy atom. The van der Waals surface area contributed by atoms with Gasteiger partial charge in [-0.1, -0.05) is 11.6 Å². The van der Waals surface area contributed by atoms with Crippen molar-refractivity contribution in [3.05, 3.63) is 29.8 Å². The normalized spacial score (nSPS) is 20.2. The lowest BCUT2D eigenvalue weighted by atomic mass is 10.2. The third-order valence-corrected chi connectivity index (χ3v) is 4.68. The van der Waals surface area contributed by atoms with Crippen LogP contribution in [0.2, 0.25) is 5.02 Å². The summed E-state index contributed by atoms with van der Waals surface area (Å²) in [6.07, 6.45) is 8.32. The molecule has 1 atom stereocenters. The molecular weight excluding hydrogens is 328 g/mol. The van der Waals surface area contributed by atoms with Crippen LogP contribution in [0.5, 0.6) is 5.88 Å². The summed E-state index contributed by atoms with van der Waals surface area (Å²) in [6.45, 7) is 1.81. The fourth-order valence-corrected chi connectivity index (χ4v) is 3.32. The van der Waals surface area contributed by atoms with Gasteiger partial charge in [-0.3, -0.25) is 0 Å². The van der Waals surface area contributed by atoms with Crippen molar-refractivity contribution in [3.8, 4) is 5.88 Å². The van der Waals surface area contributed by atoms with Crippen LogP contribution in [0.4, 0.5) is 11.8 Å². The molecule has 1 aliphatic carbocycles. The Hall–Kier alpha value is -2.15. The maximum atomic E-state index is 5.88. The summed E-state index contributed by atoms with van der Waals surface area (Å²) in [4.78, 5) is 21.9. The van der Waals surface area contributed by atoms with Crippen molar-refractivity contribution >= 4 is 23.4 Å². The van der Waals surface area contributed by atoms with E-state index in [0.717, 1.165) is 31.3 Å². The first kappa shape index (κ1) is 15.4. The predicted octanol–water partition coefficient (Wildman–Crippen LogP) is 2.18. The van der Waals surface area contributed by atoms with Gasteiger partial charge in [-0.25, -0.2) is 19.9 Å². The Morgan fingerprint density at radius 2 is 1.92 bits per heavy atom. The van der Waals surface area contributed by atoms with Gasteiger partial charge in [0.05, 0.1) is 24.5 Å². The molecule has 0 amide bonds. The van der Waals surface area contributed by atoms with Gasteiger partial charge < -0.3 is 14.5 Å². The molecule has 2 fully saturated rings. The molecule has 1 saturated heterocycles. The highest BCUT2D eigenvalue weighted by Crippen LogP contribution is 2.36. The predicted molar refractivity (Wildman–Crippen MR) is 91.7 cm³/mol. The maximum absolute atomic E-state index is 5.88. The molecule has 0 radical (unpaired) electrons. The molecule has 24 heavy (non-hydrogen) atoms. The molecule has 0 N–H and O–H groups in total. The molecule has 4 rings (SSSR count). The molecule has 2 aromatic heterocycles. The topological polar surface area (TPSA) is 67.3 Å². The van der Waals surface area contributed by atoms with Crippen LogP contribution >= 0.6 is 11.6 Å². The summed E-state index contributed by atoms with van der Waals surface area (Å²) in [5, 5.41) is 0.558. The summed E-state index contributed by atoms with van der Waals surface area (Å²) in [5.41, 5.74) is 0. The minimum Gasteiger partial charge on any atom is -0.481 e. The van der Waals surface area contributed by atoms with E-state index in [9.17, 15) is 0 Å². The summed E-state index contributed by atoms with van der Waals surface area (Å²) < 4.78 is 5.25. The highest BCUT2D eigenvalue weighted by molar-refractivity contribution is 6.30. The fraction of sp³-hybridized carbons (Fsp3) is 0.500. The van der Waals surface area contributed by atoms with Gasteiger partial charge in [0.25, 0.3) is 0 Å². The summed E-state index contributed by atoms with van der Waals surface area (Å²) in [5.74, 6) is 2.27. The van der Waals surface area contributed by atoms with Crippen molar-refractivity contribution in [3.63, 3.8) is 0 Å². The molecule has 0 spiro atoms. The molecule has 0 aromatic carbocycles. The minimum absolute atomic E-state index is 0.386. The lowest BCUT2D eigenvalue weighted by Gasteiger charge is -2.30. The van der Waals surface area contributed by atoms with E-state index in [4.69, 9.17) is 16.3 Å². The quantitative estimate of drug-likeness (QED) is 0.821. The third kappa shape index (κ3) is 3.08. The molecular formula is C16H19ClN6O. The standard InChI is InChI=1S/C16H19ClN6O/c1-24-15-6-14(20-10-21-15)23(12-2-3-12)13-4-5-22(9-13)16-18-7-11(17)8-19-16/h6-8,10,12-13H,2-5,9H2,1H3. The zero-order chi connectivity index (χ0) is 16.5. The number of halogens is 1. The van der Waals surface area contributed by atoms with Gasteiger partial charge in [0.1, 0.15) is 12.1 Å². The van der Waals surface area contributed by atoms with Crippen LogP contribution in [0.3, 0.4) is 0 Å². The van der Waals surface area contributed by atoms with Crippen LogP contribution in [0, 0.1) is 0 Å². The zero-order valence-corrected chi connectivity index (χ0v) is 14.2. The van der Waals surface area contributed by atoms with Gasteiger partial charge in [-0.15, -0.1) is 0 Å². The number of methoxy groups -OCH3 is 1. The van der Waals surface area contributed by atoms with Crippen molar-refractivity contribution in [2.24, 2.45) is 0 Å². The van der Waals surface area contributed by atoms with E-state index >= 15 is 0 Å². The third-order valence-electron chi connectivity index (χ3n) is 4.49. The highest BCUT2D eigenvalue weighted by atomic mass is 35.5. The van der Waals surface area contributed by atoms with Crippen LogP contribution in [0.15, 0.2) is 24.8 Å². The van der Waals surface area contributed by atoms with Crippen LogP contribution in [0.1, 0.15) is 19.3 Å². The molecule has 126 valence electrons. The lowest BCUT2D eigenvalue weighted by molar-refractivity contribution is 0.396. The van der Waals surface area contributed by atoms with E-state index in [1.165, 1.54) is 12.8 Å². The average Bonchev–Trinajstić information content (AvgIpc) is 3.33. The van der Waals surface area contributed by atoms with Crippen molar-refractivity contribution in [2.45, 2.75) is 31.3 Å². The molecule has 2 aromatic rings. The van der Waals surface area contributed by atoms with E-state index in [1.807, 2.05) is 6.07 Å². The van der Waals surface area contributed by atoms with Crippen molar-refractivity contribution in [2.75, 3.05) is 30.0 Å². The van der Waals surface area contributed by atoms with Gasteiger partial charge >= 0.3 is 0 Å². The number of ether oxygens (including phenoxy) is 1. The first-order chi connectivity index (χ1) is 11.7. The van der Waals surface area contributed by atoms with Crippen molar-refractivity contribution < 1.29 is 4.74 Å². The number of hydrogen-bond acceptors (Lipinski definition) is 7. The Balaban J connectivity index is 1.53. The molecule has 1 unspecified atom stereocenters. The zero-order valence-electron chi connectivity index (χ0n) is 13.5. The fourth-order valence-electron chi connectivity index (χ4n) is 3.23. The second kappa shape index (κ2) is 6.39. The van der Waals surface area contributed by atoms with E-state index < -0.39 is 0 Å². The second-order valence-electron chi connectivity index (χ2n) is 6.15. The Kier molecular flexibility index (Phi) is 4.10. The highest BCUT2D eigenvalue weighted by Gasteiger charge is 2.38. The Bertz CT molecular complexity index is 708. The van der Waals surface area contributed by atoms with Gasteiger partial charge in [-0.2, -0.15) is 0 Å². The van der Waals surface area contributed by atoms with E-state index in [2.05, 4.69) is 29.7 Å². The second-order valence-corrected chi connectivity index (χ2v) is 6.58. The smallest absolute Gasteiger partial charge is 0.225 e. The van der Waals surface area contributed by atoms with Crippen LogP contribution in [0.25, 0.3) is 0 Å². The van der Waals surface area contributed by atoms with Crippen LogP contribution in [-0.2, 0) is 0 Å². The summed E-state index contributed by atoms with van der Waals surface area (Å²) in [7, 11) is 1.63. The lowest BCUT2D eigenvalue weighted by Crippen LogP contribution is -2.40. The Morgan fingerprint density at radius 1 is 1.12 bits per heavy atom. The Labute approximate surface area is 145 Å². The number of nitrogens with zero attached hydrogens (tertiary/aromatic N) is 6. The summed E-state index contributed by atoms with van der Waals surface area (Å²) >= 11 is 5.88. The van der Waals surface area contributed by atoms with Crippen LogP contribution < -0.4 is 14.5 Å².